The van der Waals surface area contributed by atoms with Crippen LogP contribution in [-0.4, -0.2) is 50.1 Å². The van der Waals surface area contributed by atoms with Gasteiger partial charge in [-0.1, -0.05) is 12.1 Å². The number of hydrogen-bond acceptors (Lipinski definition) is 8. The molecule has 148 valence electrons. The van der Waals surface area contributed by atoms with Crippen molar-refractivity contribution in [2.75, 3.05) is 5.75 Å². The van der Waals surface area contributed by atoms with Crippen LogP contribution in [0.25, 0.3) is 10.2 Å². The second kappa shape index (κ2) is 8.11. The first-order chi connectivity index (χ1) is 13.9. The summed E-state index contributed by atoms with van der Waals surface area (Å²) in [6.07, 6.45) is 0. The van der Waals surface area contributed by atoms with Crippen molar-refractivity contribution in [1.82, 2.24) is 4.98 Å². The van der Waals surface area contributed by atoms with Gasteiger partial charge in [0.2, 0.25) is 6.04 Å². The Labute approximate surface area is 173 Å². The van der Waals surface area contributed by atoms with Gasteiger partial charge in [-0.15, -0.1) is 23.1 Å². The van der Waals surface area contributed by atoms with Crippen molar-refractivity contribution in [3.63, 3.8) is 0 Å². The first-order valence-corrected chi connectivity index (χ1v) is 10.3. The fourth-order valence-corrected chi connectivity index (χ4v) is 4.85. The molecule has 0 fully saturated rings. The normalized spacial score (nSPS) is 16.1. The average molecular weight is 433 g/mol. The van der Waals surface area contributed by atoms with E-state index in [1.807, 2.05) is 12.1 Å². The number of thioether (sulfide) groups is 1. The van der Waals surface area contributed by atoms with Crippen molar-refractivity contribution in [3.05, 3.63) is 52.8 Å². The molecule has 29 heavy (non-hydrogen) atoms. The van der Waals surface area contributed by atoms with Gasteiger partial charge in [0, 0.05) is 16.0 Å². The molecule has 1 atom stereocenters. The van der Waals surface area contributed by atoms with Gasteiger partial charge in [-0.3, -0.25) is 4.99 Å². The molecule has 0 saturated carbocycles. The molecular weight excluding hydrogens is 418 g/mol. The molecule has 0 saturated heterocycles. The summed E-state index contributed by atoms with van der Waals surface area (Å²) in [6.45, 7) is 0.117. The first kappa shape index (κ1) is 19.8. The standard InChI is InChI=1S/C18H14BFN2O5S2/c20-12-5-9(1-3-11(12)19(25)26)7-27-10-2-4-13-15(6-10)29-17(21-13)16-22-14(8-28-16)18(23)24/h1-6,14,25-26H,7-8H2,(H,23,24)/p+1/t14-/m1/s1. The van der Waals surface area contributed by atoms with Crippen LogP contribution in [0.2, 0.25) is 0 Å². The van der Waals surface area contributed by atoms with Gasteiger partial charge in [-0.25, -0.2) is 9.37 Å². The summed E-state index contributed by atoms with van der Waals surface area (Å²) in [5.74, 6) is -0.352. The van der Waals surface area contributed by atoms with Crippen LogP contribution in [0.5, 0.6) is 5.75 Å². The van der Waals surface area contributed by atoms with E-state index in [2.05, 4.69) is 9.98 Å². The van der Waals surface area contributed by atoms with Crippen LogP contribution in [-0.2, 0) is 11.4 Å². The molecule has 1 aliphatic rings. The molecule has 0 aliphatic carbocycles. The minimum atomic E-state index is -1.86. The zero-order chi connectivity index (χ0) is 20.5. The minimum absolute atomic E-state index is 0.117. The van der Waals surface area contributed by atoms with Crippen molar-refractivity contribution < 1.29 is 29.1 Å². The van der Waals surface area contributed by atoms with Crippen LogP contribution >= 0.6 is 23.1 Å². The lowest BCUT2D eigenvalue weighted by atomic mass is 9.79. The third kappa shape index (κ3) is 4.27. The Kier molecular flexibility index (Phi) is 5.55. The van der Waals surface area contributed by atoms with E-state index in [-0.39, 0.29) is 12.1 Å². The van der Waals surface area contributed by atoms with Gasteiger partial charge in [0.15, 0.2) is 0 Å². The average Bonchev–Trinajstić information content (AvgIpc) is 3.32. The van der Waals surface area contributed by atoms with Crippen LogP contribution in [0.1, 0.15) is 10.6 Å². The predicted octanol–water partition coefficient (Wildman–Crippen LogP) is 0.807. The Bertz CT molecular complexity index is 1120. The highest BCUT2D eigenvalue weighted by molar-refractivity contribution is 8.15. The molecule has 0 bridgehead atoms. The zero-order valence-corrected chi connectivity index (χ0v) is 16.5. The quantitative estimate of drug-likeness (QED) is 0.439. The van der Waals surface area contributed by atoms with E-state index in [0.717, 1.165) is 10.2 Å². The molecule has 2 aromatic carbocycles. The Balaban J connectivity index is 1.49. The third-order valence-corrected chi connectivity index (χ3v) is 6.45. The molecule has 1 aromatic heterocycles. The SMILES string of the molecule is O=C([OH2+])[C@H]1CSC(c2nc3ccc(OCc4ccc(B(O)O)c(F)c4)cc3s2)=N1. The molecule has 3 aromatic rings. The molecule has 7 nitrogen and oxygen atoms in total. The van der Waals surface area contributed by atoms with Gasteiger partial charge < -0.3 is 19.9 Å². The number of carbonyl (C=O) groups excluding carboxylic acids is 1. The van der Waals surface area contributed by atoms with Crippen molar-refractivity contribution in [2.24, 2.45) is 4.99 Å². The van der Waals surface area contributed by atoms with E-state index in [4.69, 9.17) is 19.9 Å². The molecule has 0 radical (unpaired) electrons. The number of nitrogens with zero attached hydrogens (tertiary/aromatic N) is 2. The lowest BCUT2D eigenvalue weighted by Crippen LogP contribution is -2.32. The highest BCUT2D eigenvalue weighted by Crippen LogP contribution is 2.31. The number of ether oxygens (including phenoxy) is 1. The van der Waals surface area contributed by atoms with E-state index in [9.17, 15) is 9.18 Å². The van der Waals surface area contributed by atoms with Crippen LogP contribution in [0.15, 0.2) is 41.4 Å². The molecular formula is C18H15BFN2O5S2+. The van der Waals surface area contributed by atoms with Gasteiger partial charge >= 0.3 is 13.1 Å². The molecule has 4 rings (SSSR count). The summed E-state index contributed by atoms with van der Waals surface area (Å²) in [5.41, 5.74) is 1.14. The van der Waals surface area contributed by atoms with E-state index in [1.165, 1.54) is 35.2 Å². The number of thiazole rings is 1. The summed E-state index contributed by atoms with van der Waals surface area (Å²) in [7, 11) is -1.86. The number of benzene rings is 2. The van der Waals surface area contributed by atoms with Crippen molar-refractivity contribution in [3.8, 4) is 5.75 Å². The summed E-state index contributed by atoms with van der Waals surface area (Å²) in [6, 6.07) is 8.85. The molecule has 0 amide bonds. The minimum Gasteiger partial charge on any atom is -0.563 e. The lowest BCUT2D eigenvalue weighted by Gasteiger charge is -2.08. The molecule has 2 heterocycles. The van der Waals surface area contributed by atoms with Crippen LogP contribution in [0.3, 0.4) is 0 Å². The molecule has 1 aliphatic heterocycles. The number of aliphatic imine (C=N–C) groups is 1. The molecule has 4 N–H and O–H groups in total. The largest absolute Gasteiger partial charge is 0.563 e. The van der Waals surface area contributed by atoms with Crippen LogP contribution < -0.4 is 10.2 Å². The molecule has 0 spiro atoms. The highest BCUT2D eigenvalue weighted by Gasteiger charge is 2.31. The van der Waals surface area contributed by atoms with Gasteiger partial charge in [-0.2, -0.15) is 0 Å². The maximum absolute atomic E-state index is 13.8. The number of fused-ring (bicyclic) bond motifs is 1. The van der Waals surface area contributed by atoms with Crippen molar-refractivity contribution in [1.29, 1.82) is 0 Å². The molecule has 0 unspecified atom stereocenters. The Morgan fingerprint density at radius 1 is 1.31 bits per heavy atom. The highest BCUT2D eigenvalue weighted by atomic mass is 32.2. The van der Waals surface area contributed by atoms with Crippen LogP contribution in [0.4, 0.5) is 4.39 Å². The zero-order valence-electron chi connectivity index (χ0n) is 14.8. The number of hydrogen-bond donors (Lipinski definition) is 2. The summed E-state index contributed by atoms with van der Waals surface area (Å²) >= 11 is 2.84. The Hall–Kier alpha value is -2.47. The fraction of sp³-hybridized carbons (Fsp3) is 0.167. The van der Waals surface area contributed by atoms with E-state index >= 15 is 0 Å². The second-order valence-corrected chi connectivity index (χ2v) is 8.33. The van der Waals surface area contributed by atoms with Gasteiger partial charge in [0.1, 0.15) is 28.2 Å². The van der Waals surface area contributed by atoms with Gasteiger partial charge in [-0.05, 0) is 29.8 Å². The Morgan fingerprint density at radius 3 is 2.83 bits per heavy atom. The van der Waals surface area contributed by atoms with E-state index in [0.29, 0.717) is 27.1 Å². The van der Waals surface area contributed by atoms with E-state index < -0.39 is 24.9 Å². The summed E-state index contributed by atoms with van der Waals surface area (Å²) in [4.78, 5) is 20.0. The fourth-order valence-electron chi connectivity index (χ4n) is 2.75. The topological polar surface area (TPSA) is 115 Å². The number of aromatic nitrogens is 1. The smallest absolute Gasteiger partial charge is 0.541 e. The van der Waals surface area contributed by atoms with Crippen molar-refractivity contribution in [2.45, 2.75) is 12.6 Å². The third-order valence-electron chi connectivity index (χ3n) is 4.25. The number of rotatable bonds is 6. The van der Waals surface area contributed by atoms with E-state index in [1.54, 1.807) is 12.1 Å². The first-order valence-electron chi connectivity index (χ1n) is 8.55. The number of carbonyl (C=O) groups is 1. The maximum atomic E-state index is 13.8. The number of halogens is 1. The van der Waals surface area contributed by atoms with Gasteiger partial charge in [0.25, 0.3) is 0 Å². The van der Waals surface area contributed by atoms with Crippen molar-refractivity contribution >= 4 is 56.9 Å². The molecule has 11 heteroatoms. The maximum Gasteiger partial charge on any atom is 0.541 e. The monoisotopic (exact) mass is 433 g/mol. The lowest BCUT2D eigenvalue weighted by molar-refractivity contribution is -0.137. The summed E-state index contributed by atoms with van der Waals surface area (Å²) < 4.78 is 20.4. The van der Waals surface area contributed by atoms with Gasteiger partial charge in [0.05, 0.1) is 10.2 Å². The second-order valence-electron chi connectivity index (χ2n) is 6.29. The summed E-state index contributed by atoms with van der Waals surface area (Å²) in [5, 5.41) is 26.7. The Morgan fingerprint density at radius 2 is 2.14 bits per heavy atom. The van der Waals surface area contributed by atoms with Crippen LogP contribution in [0, 0.1) is 5.82 Å². The predicted molar refractivity (Wildman–Crippen MR) is 112 cm³/mol.